The second-order valence-electron chi connectivity index (χ2n) is 4.55. The smallest absolute Gasteiger partial charge is 0.219 e. The molecule has 17 heavy (non-hydrogen) atoms. The first kappa shape index (κ1) is 11.9. The van der Waals surface area contributed by atoms with Crippen molar-refractivity contribution in [3.63, 3.8) is 0 Å². The van der Waals surface area contributed by atoms with Gasteiger partial charge in [-0.3, -0.25) is 4.79 Å². The Morgan fingerprint density at radius 2 is 2.35 bits per heavy atom. The lowest BCUT2D eigenvalue weighted by molar-refractivity contribution is -0.129. The van der Waals surface area contributed by atoms with E-state index in [0.717, 1.165) is 25.2 Å². The van der Waals surface area contributed by atoms with Gasteiger partial charge in [0.05, 0.1) is 6.04 Å². The Balaban J connectivity index is 2.30. The van der Waals surface area contributed by atoms with Gasteiger partial charge in [-0.1, -0.05) is 0 Å². The summed E-state index contributed by atoms with van der Waals surface area (Å²) in [6, 6.07) is 2.25. The summed E-state index contributed by atoms with van der Waals surface area (Å²) in [6.07, 6.45) is 4.02. The monoisotopic (exact) mass is 233 g/mol. The van der Waals surface area contributed by atoms with Crippen molar-refractivity contribution in [2.75, 3.05) is 18.9 Å². The minimum Gasteiger partial charge on any atom is -0.373 e. The number of carbonyl (C=O) groups is 1. The van der Waals surface area contributed by atoms with E-state index in [0.29, 0.717) is 0 Å². The van der Waals surface area contributed by atoms with Crippen LogP contribution in [0.5, 0.6) is 0 Å². The van der Waals surface area contributed by atoms with Gasteiger partial charge in [0.25, 0.3) is 0 Å². The van der Waals surface area contributed by atoms with E-state index >= 15 is 0 Å². The van der Waals surface area contributed by atoms with Gasteiger partial charge in [-0.2, -0.15) is 0 Å². The van der Waals surface area contributed by atoms with Crippen molar-refractivity contribution in [2.45, 2.75) is 32.7 Å². The van der Waals surface area contributed by atoms with Gasteiger partial charge in [0.15, 0.2) is 0 Å². The molecule has 1 atom stereocenters. The summed E-state index contributed by atoms with van der Waals surface area (Å²) in [7, 11) is 1.86. The zero-order valence-electron chi connectivity index (χ0n) is 10.7. The van der Waals surface area contributed by atoms with E-state index in [2.05, 4.69) is 17.2 Å². The van der Waals surface area contributed by atoms with E-state index in [4.69, 9.17) is 0 Å². The molecule has 1 aromatic rings. The molecule has 2 rings (SSSR count). The Kier molecular flexibility index (Phi) is 3.31. The Hall–Kier alpha value is -1.58. The highest BCUT2D eigenvalue weighted by molar-refractivity contribution is 5.74. The predicted octanol–water partition coefficient (Wildman–Crippen LogP) is 2.12. The van der Waals surface area contributed by atoms with Gasteiger partial charge in [-0.25, -0.2) is 4.98 Å². The summed E-state index contributed by atoms with van der Waals surface area (Å²) in [5.74, 6) is 1.03. The second-order valence-corrected chi connectivity index (χ2v) is 4.55. The van der Waals surface area contributed by atoms with E-state index in [1.54, 1.807) is 6.92 Å². The van der Waals surface area contributed by atoms with Gasteiger partial charge >= 0.3 is 0 Å². The van der Waals surface area contributed by atoms with Crippen molar-refractivity contribution < 1.29 is 4.79 Å². The van der Waals surface area contributed by atoms with Crippen molar-refractivity contribution in [3.05, 3.63) is 23.4 Å². The van der Waals surface area contributed by atoms with Gasteiger partial charge in [-0.05, 0) is 37.0 Å². The molecule has 1 amide bonds. The van der Waals surface area contributed by atoms with Gasteiger partial charge in [0, 0.05) is 26.7 Å². The lowest BCUT2D eigenvalue weighted by atomic mass is 10.0. The van der Waals surface area contributed by atoms with E-state index in [9.17, 15) is 4.79 Å². The summed E-state index contributed by atoms with van der Waals surface area (Å²) in [5.41, 5.74) is 2.37. The molecule has 1 saturated heterocycles. The van der Waals surface area contributed by atoms with Crippen LogP contribution in [-0.2, 0) is 4.79 Å². The Morgan fingerprint density at radius 3 is 2.94 bits per heavy atom. The van der Waals surface area contributed by atoms with Crippen LogP contribution in [0.3, 0.4) is 0 Å². The Labute approximate surface area is 102 Å². The van der Waals surface area contributed by atoms with Crippen LogP contribution in [0.2, 0.25) is 0 Å². The first-order valence-electron chi connectivity index (χ1n) is 6.05. The highest BCUT2D eigenvalue weighted by Gasteiger charge is 2.29. The third-order valence-electron chi connectivity index (χ3n) is 3.42. The van der Waals surface area contributed by atoms with Gasteiger partial charge in [0.1, 0.15) is 5.82 Å². The first-order valence-corrected chi connectivity index (χ1v) is 6.05. The van der Waals surface area contributed by atoms with Crippen LogP contribution in [0.15, 0.2) is 12.3 Å². The number of hydrogen-bond donors (Lipinski definition) is 1. The quantitative estimate of drug-likeness (QED) is 0.851. The minimum atomic E-state index is 0.157. The number of rotatable bonds is 2. The van der Waals surface area contributed by atoms with E-state index < -0.39 is 0 Å². The maximum atomic E-state index is 11.6. The van der Waals surface area contributed by atoms with Crippen molar-refractivity contribution >= 4 is 11.7 Å². The number of nitrogens with one attached hydrogen (secondary N) is 1. The molecular weight excluding hydrogens is 214 g/mol. The fraction of sp³-hybridized carbons (Fsp3) is 0.538. The molecule has 0 bridgehead atoms. The number of pyridine rings is 1. The molecule has 92 valence electrons. The third-order valence-corrected chi connectivity index (χ3v) is 3.42. The molecule has 4 nitrogen and oxygen atoms in total. The zero-order valence-corrected chi connectivity index (χ0v) is 10.7. The number of aryl methyl sites for hydroxylation is 1. The number of carbonyl (C=O) groups excluding carboxylic acids is 1. The van der Waals surface area contributed by atoms with Crippen molar-refractivity contribution in [1.29, 1.82) is 0 Å². The summed E-state index contributed by atoms with van der Waals surface area (Å²) in [5, 5.41) is 3.03. The number of nitrogens with zero attached hydrogens (tertiary/aromatic N) is 2. The van der Waals surface area contributed by atoms with Crippen molar-refractivity contribution in [1.82, 2.24) is 9.88 Å². The van der Waals surface area contributed by atoms with Crippen LogP contribution in [0.1, 0.15) is 36.9 Å². The fourth-order valence-corrected chi connectivity index (χ4v) is 2.52. The summed E-state index contributed by atoms with van der Waals surface area (Å²) in [4.78, 5) is 17.9. The SMILES string of the molecule is CNc1cc(C)c([C@H]2CCCN2C(C)=O)cn1. The average Bonchev–Trinajstić information content (AvgIpc) is 2.77. The van der Waals surface area contributed by atoms with Crippen LogP contribution in [-0.4, -0.2) is 29.4 Å². The molecule has 1 N–H and O–H groups in total. The molecule has 1 aliphatic heterocycles. The molecule has 0 aromatic carbocycles. The molecule has 0 unspecified atom stereocenters. The molecule has 1 fully saturated rings. The topological polar surface area (TPSA) is 45.2 Å². The summed E-state index contributed by atoms with van der Waals surface area (Å²) < 4.78 is 0. The molecule has 0 saturated carbocycles. The molecular formula is C13H19N3O. The van der Waals surface area contributed by atoms with Crippen molar-refractivity contribution in [3.8, 4) is 0 Å². The standard InChI is InChI=1S/C13H19N3O/c1-9-7-13(14-3)15-8-11(9)12-5-4-6-16(12)10(2)17/h7-8,12H,4-6H2,1-3H3,(H,14,15)/t12-/m1/s1. The van der Waals surface area contributed by atoms with E-state index in [1.165, 1.54) is 11.1 Å². The molecule has 1 aromatic heterocycles. The van der Waals surface area contributed by atoms with Crippen LogP contribution in [0.25, 0.3) is 0 Å². The van der Waals surface area contributed by atoms with Crippen LogP contribution >= 0.6 is 0 Å². The lowest BCUT2D eigenvalue weighted by Gasteiger charge is -2.24. The van der Waals surface area contributed by atoms with E-state index in [1.807, 2.05) is 24.2 Å². The maximum absolute atomic E-state index is 11.6. The number of hydrogen-bond acceptors (Lipinski definition) is 3. The Bertz CT molecular complexity index is 431. The highest BCUT2D eigenvalue weighted by Crippen LogP contribution is 2.33. The number of amides is 1. The number of aromatic nitrogens is 1. The minimum absolute atomic E-state index is 0.157. The number of anilines is 1. The van der Waals surface area contributed by atoms with Crippen LogP contribution < -0.4 is 5.32 Å². The summed E-state index contributed by atoms with van der Waals surface area (Å²) >= 11 is 0. The predicted molar refractivity (Wildman–Crippen MR) is 67.9 cm³/mol. The van der Waals surface area contributed by atoms with Gasteiger partial charge in [0.2, 0.25) is 5.91 Å². The lowest BCUT2D eigenvalue weighted by Crippen LogP contribution is -2.28. The zero-order chi connectivity index (χ0) is 12.4. The summed E-state index contributed by atoms with van der Waals surface area (Å²) in [6.45, 7) is 4.59. The average molecular weight is 233 g/mol. The largest absolute Gasteiger partial charge is 0.373 e. The normalized spacial score (nSPS) is 19.5. The first-order chi connectivity index (χ1) is 8.13. The van der Waals surface area contributed by atoms with Crippen LogP contribution in [0.4, 0.5) is 5.82 Å². The molecule has 2 heterocycles. The van der Waals surface area contributed by atoms with Crippen LogP contribution in [0, 0.1) is 6.92 Å². The Morgan fingerprint density at radius 1 is 1.59 bits per heavy atom. The second kappa shape index (κ2) is 4.73. The van der Waals surface area contributed by atoms with E-state index in [-0.39, 0.29) is 11.9 Å². The molecule has 0 spiro atoms. The number of likely N-dealkylation sites (tertiary alicyclic amines) is 1. The highest BCUT2D eigenvalue weighted by atomic mass is 16.2. The van der Waals surface area contributed by atoms with Crippen molar-refractivity contribution in [2.24, 2.45) is 0 Å². The molecule has 0 aliphatic carbocycles. The maximum Gasteiger partial charge on any atom is 0.219 e. The fourth-order valence-electron chi connectivity index (χ4n) is 2.52. The third kappa shape index (κ3) is 2.25. The molecule has 4 heteroatoms. The van der Waals surface area contributed by atoms with Gasteiger partial charge < -0.3 is 10.2 Å². The molecule has 1 aliphatic rings. The van der Waals surface area contributed by atoms with Gasteiger partial charge in [-0.15, -0.1) is 0 Å². The molecule has 0 radical (unpaired) electrons.